The Labute approximate surface area is 92.9 Å². The number of carboxylic acid groups (broad SMARTS) is 1. The van der Waals surface area contributed by atoms with E-state index in [2.05, 4.69) is 4.98 Å². The lowest BCUT2D eigenvalue weighted by Gasteiger charge is -2.15. The molecule has 1 rings (SSSR count). The van der Waals surface area contributed by atoms with E-state index in [1.807, 2.05) is 6.92 Å². The van der Waals surface area contributed by atoms with E-state index >= 15 is 0 Å². The summed E-state index contributed by atoms with van der Waals surface area (Å²) in [5.41, 5.74) is 6.30. The molecule has 0 aliphatic heterocycles. The number of nitrogens with two attached hydrogens (primary N) is 1. The summed E-state index contributed by atoms with van der Waals surface area (Å²) in [6.07, 6.45) is 1.65. The monoisotopic (exact) mass is 226 g/mol. The molecule has 0 fully saturated rings. The van der Waals surface area contributed by atoms with Crippen LogP contribution in [0.25, 0.3) is 0 Å². The van der Waals surface area contributed by atoms with E-state index < -0.39 is 11.9 Å². The molecular weight excluding hydrogens is 212 g/mol. The van der Waals surface area contributed by atoms with Gasteiger partial charge in [0.1, 0.15) is 5.03 Å². The molecule has 0 bridgehead atoms. The minimum atomic E-state index is -0.801. The molecular formula is C10H14N2O2S. The van der Waals surface area contributed by atoms with Gasteiger partial charge in [0.05, 0.1) is 11.6 Å². The average Bonchev–Trinajstić information content (AvgIpc) is 2.20. The lowest BCUT2D eigenvalue weighted by molar-refractivity contribution is -0.140. The Morgan fingerprint density at radius 3 is 2.80 bits per heavy atom. The van der Waals surface area contributed by atoms with Crippen LogP contribution in [0.15, 0.2) is 23.4 Å². The first-order chi connectivity index (χ1) is 7.02. The zero-order valence-electron chi connectivity index (χ0n) is 8.68. The fourth-order valence-electron chi connectivity index (χ4n) is 0.981. The Morgan fingerprint density at radius 2 is 2.27 bits per heavy atom. The number of aliphatic carboxylic acids is 1. The molecule has 2 atom stereocenters. The Morgan fingerprint density at radius 1 is 1.60 bits per heavy atom. The molecule has 1 aromatic rings. The number of carbonyl (C=O) groups is 1. The molecule has 82 valence electrons. The van der Waals surface area contributed by atoms with Crippen LogP contribution in [-0.2, 0) is 4.79 Å². The maximum atomic E-state index is 10.8. The maximum Gasteiger partial charge on any atom is 0.307 e. The summed E-state index contributed by atoms with van der Waals surface area (Å²) in [6, 6.07) is 3.51. The first-order valence-corrected chi connectivity index (χ1v) is 5.50. The van der Waals surface area contributed by atoms with Gasteiger partial charge in [0, 0.05) is 11.4 Å². The van der Waals surface area contributed by atoms with Crippen LogP contribution in [0, 0.1) is 5.92 Å². The van der Waals surface area contributed by atoms with Crippen LogP contribution < -0.4 is 5.73 Å². The van der Waals surface area contributed by atoms with Gasteiger partial charge in [0.25, 0.3) is 0 Å². The molecule has 2 unspecified atom stereocenters. The third-order valence-electron chi connectivity index (χ3n) is 2.19. The van der Waals surface area contributed by atoms with E-state index in [1.165, 1.54) is 11.8 Å². The predicted octanol–water partition coefficient (Wildman–Crippen LogP) is 1.87. The van der Waals surface area contributed by atoms with Crippen LogP contribution in [0.5, 0.6) is 0 Å². The highest BCUT2D eigenvalue weighted by atomic mass is 32.2. The van der Waals surface area contributed by atoms with Gasteiger partial charge in [-0.15, -0.1) is 11.8 Å². The fraction of sp³-hybridized carbons (Fsp3) is 0.400. The highest BCUT2D eigenvalue weighted by Crippen LogP contribution is 2.29. The number of hydrogen-bond acceptors (Lipinski definition) is 4. The molecule has 15 heavy (non-hydrogen) atoms. The molecule has 1 aromatic heterocycles. The molecule has 0 aromatic carbocycles. The number of rotatable bonds is 4. The lowest BCUT2D eigenvalue weighted by Crippen LogP contribution is -2.20. The molecule has 5 heteroatoms. The van der Waals surface area contributed by atoms with Crippen molar-refractivity contribution in [3.05, 3.63) is 18.3 Å². The summed E-state index contributed by atoms with van der Waals surface area (Å²) in [6.45, 7) is 3.54. The van der Waals surface area contributed by atoms with Gasteiger partial charge in [-0.3, -0.25) is 4.79 Å². The quantitative estimate of drug-likeness (QED) is 0.766. The maximum absolute atomic E-state index is 10.8. The summed E-state index contributed by atoms with van der Waals surface area (Å²) in [5, 5.41) is 9.47. The largest absolute Gasteiger partial charge is 0.481 e. The van der Waals surface area contributed by atoms with Crippen LogP contribution in [0.1, 0.15) is 13.8 Å². The van der Waals surface area contributed by atoms with Gasteiger partial charge in [-0.2, -0.15) is 0 Å². The van der Waals surface area contributed by atoms with Crippen molar-refractivity contribution < 1.29 is 9.90 Å². The molecule has 0 spiro atoms. The highest BCUT2D eigenvalue weighted by molar-refractivity contribution is 8.00. The second-order valence-electron chi connectivity index (χ2n) is 3.35. The third kappa shape index (κ3) is 3.13. The first kappa shape index (κ1) is 11.8. The Kier molecular flexibility index (Phi) is 3.96. The Hall–Kier alpha value is -1.23. The van der Waals surface area contributed by atoms with E-state index in [-0.39, 0.29) is 5.25 Å². The van der Waals surface area contributed by atoms with E-state index in [4.69, 9.17) is 10.8 Å². The van der Waals surface area contributed by atoms with Crippen molar-refractivity contribution in [3.8, 4) is 0 Å². The number of nitrogen functional groups attached to an aromatic ring is 1. The van der Waals surface area contributed by atoms with Crippen LogP contribution >= 0.6 is 11.8 Å². The minimum Gasteiger partial charge on any atom is -0.481 e. The van der Waals surface area contributed by atoms with Crippen molar-refractivity contribution in [2.75, 3.05) is 5.73 Å². The molecule has 0 saturated heterocycles. The molecule has 0 radical (unpaired) electrons. The summed E-state index contributed by atoms with van der Waals surface area (Å²) in [7, 11) is 0. The van der Waals surface area contributed by atoms with E-state index in [9.17, 15) is 4.79 Å². The van der Waals surface area contributed by atoms with Gasteiger partial charge in [-0.05, 0) is 12.1 Å². The number of anilines is 1. The number of thioether (sulfide) groups is 1. The first-order valence-electron chi connectivity index (χ1n) is 4.62. The SMILES string of the molecule is CC(Sc1ncccc1N)C(C)C(=O)O. The van der Waals surface area contributed by atoms with Gasteiger partial charge >= 0.3 is 5.97 Å². The summed E-state index contributed by atoms with van der Waals surface area (Å²) >= 11 is 1.39. The normalized spacial score (nSPS) is 14.5. The smallest absolute Gasteiger partial charge is 0.307 e. The standard InChI is InChI=1S/C10H14N2O2S/c1-6(10(13)14)7(2)15-9-8(11)4-3-5-12-9/h3-7H,11H2,1-2H3,(H,13,14). The molecule has 4 nitrogen and oxygen atoms in total. The van der Waals surface area contributed by atoms with Crippen molar-refractivity contribution in [2.24, 2.45) is 5.92 Å². The van der Waals surface area contributed by atoms with Gasteiger partial charge in [0.15, 0.2) is 0 Å². The zero-order chi connectivity index (χ0) is 11.4. The molecule has 0 aliphatic carbocycles. The average molecular weight is 226 g/mol. The van der Waals surface area contributed by atoms with Crippen LogP contribution in [0.2, 0.25) is 0 Å². The van der Waals surface area contributed by atoms with Crippen molar-refractivity contribution in [3.63, 3.8) is 0 Å². The summed E-state index contributed by atoms with van der Waals surface area (Å²) < 4.78 is 0. The van der Waals surface area contributed by atoms with Gasteiger partial charge in [0.2, 0.25) is 0 Å². The molecule has 3 N–H and O–H groups in total. The van der Waals surface area contributed by atoms with Crippen molar-refractivity contribution in [1.82, 2.24) is 4.98 Å². The summed E-state index contributed by atoms with van der Waals surface area (Å²) in [5.74, 6) is -1.22. The number of nitrogens with zero attached hydrogens (tertiary/aromatic N) is 1. The topological polar surface area (TPSA) is 76.2 Å². The lowest BCUT2D eigenvalue weighted by atomic mass is 10.1. The predicted molar refractivity (Wildman–Crippen MR) is 60.8 cm³/mol. The van der Waals surface area contributed by atoms with Gasteiger partial charge in [-0.1, -0.05) is 13.8 Å². The fourth-order valence-corrected chi connectivity index (χ4v) is 1.98. The minimum absolute atomic E-state index is 0.0558. The van der Waals surface area contributed by atoms with Crippen molar-refractivity contribution in [2.45, 2.75) is 24.1 Å². The number of hydrogen-bond donors (Lipinski definition) is 2. The highest BCUT2D eigenvalue weighted by Gasteiger charge is 2.21. The van der Waals surface area contributed by atoms with Crippen LogP contribution in [-0.4, -0.2) is 21.3 Å². The Bertz CT molecular complexity index is 357. The number of aromatic nitrogens is 1. The van der Waals surface area contributed by atoms with Crippen LogP contribution in [0.4, 0.5) is 5.69 Å². The molecule has 0 saturated carbocycles. The summed E-state index contributed by atoms with van der Waals surface area (Å²) in [4.78, 5) is 14.9. The molecule has 0 aliphatic rings. The third-order valence-corrected chi connectivity index (χ3v) is 3.54. The van der Waals surface area contributed by atoms with E-state index in [1.54, 1.807) is 25.3 Å². The second-order valence-corrected chi connectivity index (χ2v) is 4.71. The van der Waals surface area contributed by atoms with E-state index in [0.29, 0.717) is 10.7 Å². The van der Waals surface area contributed by atoms with Crippen molar-refractivity contribution >= 4 is 23.4 Å². The van der Waals surface area contributed by atoms with Crippen LogP contribution in [0.3, 0.4) is 0 Å². The van der Waals surface area contributed by atoms with Gasteiger partial charge < -0.3 is 10.8 Å². The second kappa shape index (κ2) is 5.02. The molecule has 0 amide bonds. The zero-order valence-corrected chi connectivity index (χ0v) is 9.49. The number of carboxylic acids is 1. The van der Waals surface area contributed by atoms with E-state index in [0.717, 1.165) is 0 Å². The Balaban J connectivity index is 2.70. The number of pyridine rings is 1. The van der Waals surface area contributed by atoms with Crippen molar-refractivity contribution in [1.29, 1.82) is 0 Å². The molecule has 1 heterocycles. The van der Waals surface area contributed by atoms with Gasteiger partial charge in [-0.25, -0.2) is 4.98 Å².